The van der Waals surface area contributed by atoms with E-state index in [1.54, 1.807) is 11.3 Å². The van der Waals surface area contributed by atoms with Crippen molar-refractivity contribution in [1.82, 2.24) is 9.97 Å². The molecule has 1 aliphatic heterocycles. The van der Waals surface area contributed by atoms with Crippen LogP contribution in [0.25, 0.3) is 10.8 Å². The van der Waals surface area contributed by atoms with Crippen molar-refractivity contribution in [3.63, 3.8) is 0 Å². The standard InChI is InChI=1S/C16H15ClN4S/c17-15-13-4-2-1-3-12(13)11-14(19-15)20-6-8-21(9-7-20)16-18-5-10-22-16/h1-5,10-11H,6-9H2. The average molecular weight is 331 g/mol. The maximum absolute atomic E-state index is 6.33. The van der Waals surface area contributed by atoms with Gasteiger partial charge in [-0.3, -0.25) is 0 Å². The maximum Gasteiger partial charge on any atom is 0.185 e. The third-order valence-electron chi connectivity index (χ3n) is 3.97. The van der Waals surface area contributed by atoms with Gasteiger partial charge in [-0.05, 0) is 11.5 Å². The van der Waals surface area contributed by atoms with Crippen LogP contribution in [-0.2, 0) is 0 Å². The molecule has 3 aromatic rings. The Kier molecular flexibility index (Phi) is 3.60. The Hall–Kier alpha value is -1.85. The molecule has 3 heterocycles. The normalized spacial score (nSPS) is 15.5. The van der Waals surface area contributed by atoms with E-state index in [4.69, 9.17) is 11.6 Å². The van der Waals surface area contributed by atoms with Crippen LogP contribution in [0.15, 0.2) is 41.9 Å². The number of nitrogens with zero attached hydrogens (tertiary/aromatic N) is 4. The highest BCUT2D eigenvalue weighted by Crippen LogP contribution is 2.27. The molecule has 22 heavy (non-hydrogen) atoms. The Morgan fingerprint density at radius 3 is 2.59 bits per heavy atom. The molecule has 1 aliphatic rings. The molecule has 0 saturated carbocycles. The molecule has 0 radical (unpaired) electrons. The van der Waals surface area contributed by atoms with Crippen molar-refractivity contribution >= 4 is 44.7 Å². The molecular formula is C16H15ClN4S. The minimum atomic E-state index is 0.579. The molecule has 0 bridgehead atoms. The lowest BCUT2D eigenvalue weighted by Gasteiger charge is -2.35. The number of anilines is 2. The van der Waals surface area contributed by atoms with E-state index in [0.29, 0.717) is 5.15 Å². The van der Waals surface area contributed by atoms with Gasteiger partial charge in [-0.2, -0.15) is 0 Å². The van der Waals surface area contributed by atoms with Crippen LogP contribution in [0.5, 0.6) is 0 Å². The van der Waals surface area contributed by atoms with Gasteiger partial charge >= 0.3 is 0 Å². The van der Waals surface area contributed by atoms with E-state index in [9.17, 15) is 0 Å². The molecule has 0 aliphatic carbocycles. The zero-order valence-corrected chi connectivity index (χ0v) is 13.5. The molecule has 0 N–H and O–H groups in total. The summed E-state index contributed by atoms with van der Waals surface area (Å²) in [6, 6.07) is 10.2. The second kappa shape index (κ2) is 5.74. The summed E-state index contributed by atoms with van der Waals surface area (Å²) in [5.74, 6) is 0.961. The molecule has 0 spiro atoms. The number of halogens is 1. The minimum absolute atomic E-state index is 0.579. The van der Waals surface area contributed by atoms with Gasteiger partial charge in [-0.1, -0.05) is 35.9 Å². The van der Waals surface area contributed by atoms with Crippen molar-refractivity contribution < 1.29 is 0 Å². The van der Waals surface area contributed by atoms with E-state index in [-0.39, 0.29) is 0 Å². The van der Waals surface area contributed by atoms with Gasteiger partial charge in [0, 0.05) is 43.1 Å². The van der Waals surface area contributed by atoms with Crippen molar-refractivity contribution in [3.05, 3.63) is 47.1 Å². The first-order valence-electron chi connectivity index (χ1n) is 7.26. The minimum Gasteiger partial charge on any atom is -0.353 e. The molecular weight excluding hydrogens is 316 g/mol. The van der Waals surface area contributed by atoms with E-state index >= 15 is 0 Å². The zero-order chi connectivity index (χ0) is 14.9. The van der Waals surface area contributed by atoms with E-state index in [1.165, 1.54) is 0 Å². The molecule has 1 aromatic carbocycles. The average Bonchev–Trinajstić information content (AvgIpc) is 3.09. The number of benzene rings is 1. The summed E-state index contributed by atoms with van der Waals surface area (Å²) in [4.78, 5) is 13.6. The second-order valence-electron chi connectivity index (χ2n) is 5.28. The van der Waals surface area contributed by atoms with Gasteiger partial charge in [0.05, 0.1) is 0 Å². The Morgan fingerprint density at radius 1 is 1.05 bits per heavy atom. The van der Waals surface area contributed by atoms with Crippen molar-refractivity contribution in [1.29, 1.82) is 0 Å². The van der Waals surface area contributed by atoms with Crippen LogP contribution in [-0.4, -0.2) is 36.1 Å². The lowest BCUT2D eigenvalue weighted by atomic mass is 10.1. The van der Waals surface area contributed by atoms with Crippen molar-refractivity contribution in [2.45, 2.75) is 0 Å². The number of piperazine rings is 1. The lowest BCUT2D eigenvalue weighted by Crippen LogP contribution is -2.46. The van der Waals surface area contributed by atoms with Gasteiger partial charge in [0.15, 0.2) is 5.13 Å². The zero-order valence-electron chi connectivity index (χ0n) is 11.9. The highest BCUT2D eigenvalue weighted by Gasteiger charge is 2.20. The van der Waals surface area contributed by atoms with Crippen molar-refractivity contribution in [2.75, 3.05) is 36.0 Å². The maximum atomic E-state index is 6.33. The molecule has 4 rings (SSSR count). The summed E-state index contributed by atoms with van der Waals surface area (Å²) < 4.78 is 0. The molecule has 2 aromatic heterocycles. The van der Waals surface area contributed by atoms with Crippen LogP contribution in [0.2, 0.25) is 5.15 Å². The van der Waals surface area contributed by atoms with Crippen LogP contribution in [0.3, 0.4) is 0 Å². The van der Waals surface area contributed by atoms with E-state index in [0.717, 1.165) is 47.9 Å². The van der Waals surface area contributed by atoms with Crippen LogP contribution >= 0.6 is 22.9 Å². The fourth-order valence-electron chi connectivity index (χ4n) is 2.80. The third kappa shape index (κ3) is 2.51. The fraction of sp³-hybridized carbons (Fsp3) is 0.250. The van der Waals surface area contributed by atoms with Crippen LogP contribution < -0.4 is 9.80 Å². The van der Waals surface area contributed by atoms with Gasteiger partial charge in [0.1, 0.15) is 11.0 Å². The highest BCUT2D eigenvalue weighted by atomic mass is 35.5. The van der Waals surface area contributed by atoms with E-state index in [2.05, 4.69) is 31.9 Å². The van der Waals surface area contributed by atoms with Crippen LogP contribution in [0.4, 0.5) is 10.9 Å². The Balaban J connectivity index is 1.56. The summed E-state index contributed by atoms with van der Waals surface area (Å²) in [6.45, 7) is 3.78. The first-order chi connectivity index (χ1) is 10.8. The van der Waals surface area contributed by atoms with Crippen molar-refractivity contribution in [3.8, 4) is 0 Å². The number of aromatic nitrogens is 2. The number of hydrogen-bond donors (Lipinski definition) is 0. The second-order valence-corrected chi connectivity index (χ2v) is 6.51. The first-order valence-corrected chi connectivity index (χ1v) is 8.52. The van der Waals surface area contributed by atoms with Crippen molar-refractivity contribution in [2.24, 2.45) is 0 Å². The molecule has 0 amide bonds. The summed E-state index contributed by atoms with van der Waals surface area (Å²) >= 11 is 8.03. The Bertz CT molecular complexity index is 782. The predicted octanol–water partition coefficient (Wildman–Crippen LogP) is 3.67. The van der Waals surface area contributed by atoms with Gasteiger partial charge < -0.3 is 9.80 Å². The van der Waals surface area contributed by atoms with E-state index in [1.807, 2.05) is 29.8 Å². The summed E-state index contributed by atoms with van der Waals surface area (Å²) in [5.41, 5.74) is 0. The van der Waals surface area contributed by atoms with Gasteiger partial charge in [0.25, 0.3) is 0 Å². The number of hydrogen-bond acceptors (Lipinski definition) is 5. The molecule has 6 heteroatoms. The number of fused-ring (bicyclic) bond motifs is 1. The Morgan fingerprint density at radius 2 is 1.82 bits per heavy atom. The largest absolute Gasteiger partial charge is 0.353 e. The summed E-state index contributed by atoms with van der Waals surface area (Å²) in [5, 5.41) is 5.85. The van der Waals surface area contributed by atoms with Gasteiger partial charge in [-0.25, -0.2) is 9.97 Å². The van der Waals surface area contributed by atoms with Crippen LogP contribution in [0, 0.1) is 0 Å². The Labute approximate surface area is 138 Å². The predicted molar refractivity (Wildman–Crippen MR) is 93.3 cm³/mol. The monoisotopic (exact) mass is 330 g/mol. The van der Waals surface area contributed by atoms with Crippen LogP contribution in [0.1, 0.15) is 0 Å². The topological polar surface area (TPSA) is 32.3 Å². The quantitative estimate of drug-likeness (QED) is 0.671. The molecule has 0 atom stereocenters. The SMILES string of the molecule is Clc1nc(N2CCN(c3nccs3)CC2)cc2ccccc12. The first kappa shape index (κ1) is 13.8. The molecule has 4 nitrogen and oxygen atoms in total. The highest BCUT2D eigenvalue weighted by molar-refractivity contribution is 7.13. The summed E-state index contributed by atoms with van der Waals surface area (Å²) in [7, 11) is 0. The lowest BCUT2D eigenvalue weighted by molar-refractivity contribution is 0.646. The smallest absolute Gasteiger partial charge is 0.185 e. The number of pyridine rings is 1. The fourth-order valence-corrected chi connectivity index (χ4v) is 3.76. The van der Waals surface area contributed by atoms with E-state index < -0.39 is 0 Å². The summed E-state index contributed by atoms with van der Waals surface area (Å²) in [6.07, 6.45) is 1.86. The van der Waals surface area contributed by atoms with Gasteiger partial charge in [0.2, 0.25) is 0 Å². The molecule has 112 valence electrons. The molecule has 1 saturated heterocycles. The number of rotatable bonds is 2. The third-order valence-corrected chi connectivity index (χ3v) is 5.09. The number of thiazole rings is 1. The van der Waals surface area contributed by atoms with Gasteiger partial charge in [-0.15, -0.1) is 11.3 Å². The molecule has 0 unspecified atom stereocenters. The molecule has 1 fully saturated rings.